The molecule has 2 N–H and O–H groups in total. The molecule has 2 aromatic rings. The molecule has 2 fully saturated rings. The first-order valence-electron chi connectivity index (χ1n) is 12.9. The molecule has 8 nitrogen and oxygen atoms in total. The molecule has 224 valence electrons. The third-order valence-electron chi connectivity index (χ3n) is 6.93. The number of nitrogens with zero attached hydrogens (tertiary/aromatic N) is 2. The highest BCUT2D eigenvalue weighted by molar-refractivity contribution is 7.18. The molecular formula is C26H28ClF5N4O4S. The Kier molecular flexibility index (Phi) is 10.2. The molecular weight excluding hydrogens is 595 g/mol. The number of nitrogens with one attached hydrogen (secondary N) is 2. The van der Waals surface area contributed by atoms with Crippen molar-refractivity contribution in [2.75, 3.05) is 49.6 Å². The SMILES string of the molecule is O=C(NC[C@H](C(=O)Nc1ccc(N2CCOCC2=O)c(C(F)(F)F)c1)N(CC(F)F)CC1CCC1)c1ccc(Cl)s1. The van der Waals surface area contributed by atoms with E-state index < -0.39 is 48.5 Å². The fourth-order valence-corrected chi connectivity index (χ4v) is 5.65. The van der Waals surface area contributed by atoms with Crippen molar-refractivity contribution in [2.45, 2.75) is 37.9 Å². The quantitative estimate of drug-likeness (QED) is 0.349. The van der Waals surface area contributed by atoms with E-state index in [1.54, 1.807) is 0 Å². The number of amides is 3. The van der Waals surface area contributed by atoms with Gasteiger partial charge in [-0.05, 0) is 49.1 Å². The van der Waals surface area contributed by atoms with Gasteiger partial charge in [-0.3, -0.25) is 19.3 Å². The monoisotopic (exact) mass is 622 g/mol. The topological polar surface area (TPSA) is 91.0 Å². The number of benzene rings is 1. The molecule has 1 saturated carbocycles. The van der Waals surface area contributed by atoms with Crippen LogP contribution in [0.2, 0.25) is 4.34 Å². The Hall–Kier alpha value is -2.81. The van der Waals surface area contributed by atoms with Crippen LogP contribution in [-0.2, 0) is 20.5 Å². The second kappa shape index (κ2) is 13.4. The summed E-state index contributed by atoms with van der Waals surface area (Å²) in [5, 5.41) is 4.97. The first-order valence-corrected chi connectivity index (χ1v) is 14.1. The number of hydrogen-bond acceptors (Lipinski definition) is 6. The van der Waals surface area contributed by atoms with E-state index in [1.807, 2.05) is 0 Å². The Labute approximate surface area is 241 Å². The maximum atomic E-state index is 14.0. The van der Waals surface area contributed by atoms with Crippen molar-refractivity contribution in [1.82, 2.24) is 10.2 Å². The van der Waals surface area contributed by atoms with E-state index in [4.69, 9.17) is 16.3 Å². The smallest absolute Gasteiger partial charge is 0.370 e. The second-order valence-electron chi connectivity index (χ2n) is 9.79. The molecule has 15 heteroatoms. The van der Waals surface area contributed by atoms with Gasteiger partial charge in [0.25, 0.3) is 18.2 Å². The molecule has 2 heterocycles. The third-order valence-corrected chi connectivity index (χ3v) is 8.16. The van der Waals surface area contributed by atoms with Crippen molar-refractivity contribution in [3.8, 4) is 0 Å². The van der Waals surface area contributed by atoms with Crippen LogP contribution in [0.25, 0.3) is 0 Å². The highest BCUT2D eigenvalue weighted by Gasteiger charge is 2.38. The summed E-state index contributed by atoms with van der Waals surface area (Å²) in [5.41, 5.74) is -1.77. The first-order chi connectivity index (χ1) is 19.4. The third kappa shape index (κ3) is 8.15. The average molecular weight is 623 g/mol. The van der Waals surface area contributed by atoms with Crippen molar-refractivity contribution in [2.24, 2.45) is 5.92 Å². The van der Waals surface area contributed by atoms with Crippen LogP contribution < -0.4 is 15.5 Å². The number of alkyl halides is 5. The van der Waals surface area contributed by atoms with Gasteiger partial charge in [0, 0.05) is 25.3 Å². The maximum absolute atomic E-state index is 14.0. The van der Waals surface area contributed by atoms with Crippen LogP contribution in [0.15, 0.2) is 30.3 Å². The van der Waals surface area contributed by atoms with Crippen molar-refractivity contribution in [3.63, 3.8) is 0 Å². The Morgan fingerprint density at radius 3 is 2.54 bits per heavy atom. The zero-order chi connectivity index (χ0) is 29.7. The van der Waals surface area contributed by atoms with Crippen LogP contribution in [0.5, 0.6) is 0 Å². The van der Waals surface area contributed by atoms with Crippen LogP contribution >= 0.6 is 22.9 Å². The van der Waals surface area contributed by atoms with E-state index in [1.165, 1.54) is 23.1 Å². The van der Waals surface area contributed by atoms with Gasteiger partial charge in [0.05, 0.1) is 33.6 Å². The summed E-state index contributed by atoms with van der Waals surface area (Å²) in [4.78, 5) is 40.7. The van der Waals surface area contributed by atoms with E-state index in [-0.39, 0.29) is 55.0 Å². The Morgan fingerprint density at radius 1 is 1.20 bits per heavy atom. The van der Waals surface area contributed by atoms with E-state index >= 15 is 0 Å². The summed E-state index contributed by atoms with van der Waals surface area (Å²) in [6, 6.07) is 4.66. The lowest BCUT2D eigenvalue weighted by molar-refractivity contribution is -0.137. The molecule has 0 bridgehead atoms. The summed E-state index contributed by atoms with van der Waals surface area (Å²) >= 11 is 6.88. The summed E-state index contributed by atoms with van der Waals surface area (Å²) in [6.07, 6.45) is -5.14. The number of halogens is 6. The minimum Gasteiger partial charge on any atom is -0.370 e. The molecule has 1 aliphatic carbocycles. The Balaban J connectivity index is 1.58. The van der Waals surface area contributed by atoms with Gasteiger partial charge in [0.1, 0.15) is 12.6 Å². The standard InChI is InChI=1S/C26H28ClF5N4O4S/c27-21-7-6-20(41-21)25(39)33-11-19(35(13-22(28)29)12-15-2-1-3-15)24(38)34-16-4-5-18(17(10-16)26(30,31)32)36-8-9-40-14-23(36)37/h4-7,10,15,19,22H,1-3,8-9,11-14H2,(H,33,39)(H,34,38)/t19-/m1/s1. The summed E-state index contributed by atoms with van der Waals surface area (Å²) in [5.74, 6) is -1.99. The minimum absolute atomic E-state index is 0.0631. The molecule has 1 atom stereocenters. The summed E-state index contributed by atoms with van der Waals surface area (Å²) in [6.45, 7) is -1.34. The first kappa shape index (κ1) is 31.1. The molecule has 4 rings (SSSR count). The molecule has 0 spiro atoms. The van der Waals surface area contributed by atoms with Gasteiger partial charge in [-0.15, -0.1) is 11.3 Å². The van der Waals surface area contributed by atoms with E-state index in [9.17, 15) is 36.3 Å². The second-order valence-corrected chi connectivity index (χ2v) is 11.5. The maximum Gasteiger partial charge on any atom is 0.418 e. The van der Waals surface area contributed by atoms with Crippen LogP contribution in [0.1, 0.15) is 34.5 Å². The van der Waals surface area contributed by atoms with Crippen LogP contribution in [0.4, 0.5) is 33.3 Å². The normalized spacial score (nSPS) is 17.1. The summed E-state index contributed by atoms with van der Waals surface area (Å²) in [7, 11) is 0. The lowest BCUT2D eigenvalue weighted by Gasteiger charge is -2.36. The molecule has 0 radical (unpaired) electrons. The number of thiophene rings is 1. The van der Waals surface area contributed by atoms with E-state index in [0.717, 1.165) is 41.6 Å². The zero-order valence-corrected chi connectivity index (χ0v) is 23.3. The number of anilines is 2. The lowest BCUT2D eigenvalue weighted by Crippen LogP contribution is -2.53. The predicted molar refractivity (Wildman–Crippen MR) is 144 cm³/mol. The van der Waals surface area contributed by atoms with Crippen molar-refractivity contribution in [3.05, 3.63) is 45.1 Å². The van der Waals surface area contributed by atoms with Gasteiger partial charge in [-0.1, -0.05) is 18.0 Å². The molecule has 3 amide bonds. The van der Waals surface area contributed by atoms with Crippen LogP contribution in [0, 0.1) is 5.92 Å². The molecule has 1 aromatic heterocycles. The number of rotatable bonds is 11. The molecule has 1 aromatic carbocycles. The molecule has 2 aliphatic rings. The van der Waals surface area contributed by atoms with Gasteiger partial charge in [-0.2, -0.15) is 13.2 Å². The molecule has 1 saturated heterocycles. The van der Waals surface area contributed by atoms with Gasteiger partial charge in [-0.25, -0.2) is 8.78 Å². The van der Waals surface area contributed by atoms with Crippen molar-refractivity contribution in [1.29, 1.82) is 0 Å². The number of morpholine rings is 1. The van der Waals surface area contributed by atoms with Gasteiger partial charge in [0.15, 0.2) is 0 Å². The Morgan fingerprint density at radius 2 is 1.95 bits per heavy atom. The molecule has 1 aliphatic heterocycles. The fraction of sp³-hybridized carbons (Fsp3) is 0.500. The molecule has 0 unspecified atom stereocenters. The summed E-state index contributed by atoms with van der Waals surface area (Å²) < 4.78 is 74.5. The average Bonchev–Trinajstić information content (AvgIpc) is 3.32. The largest absolute Gasteiger partial charge is 0.418 e. The zero-order valence-electron chi connectivity index (χ0n) is 21.7. The number of carbonyl (C=O) groups excluding carboxylic acids is 3. The molecule has 41 heavy (non-hydrogen) atoms. The van der Waals surface area contributed by atoms with Crippen molar-refractivity contribution < 1.29 is 41.1 Å². The van der Waals surface area contributed by atoms with Crippen LogP contribution in [-0.4, -0.2) is 74.5 Å². The lowest BCUT2D eigenvalue weighted by atomic mass is 9.85. The number of carbonyl (C=O) groups is 3. The Bertz CT molecular complexity index is 1260. The van der Waals surface area contributed by atoms with E-state index in [0.29, 0.717) is 10.4 Å². The highest BCUT2D eigenvalue weighted by Crippen LogP contribution is 2.39. The van der Waals surface area contributed by atoms with Gasteiger partial charge < -0.3 is 20.3 Å². The fourth-order valence-electron chi connectivity index (χ4n) is 4.69. The van der Waals surface area contributed by atoms with Crippen molar-refractivity contribution >= 4 is 52.0 Å². The number of hydrogen-bond donors (Lipinski definition) is 2. The van der Waals surface area contributed by atoms with Gasteiger partial charge in [0.2, 0.25) is 5.91 Å². The minimum atomic E-state index is -4.87. The predicted octanol–water partition coefficient (Wildman–Crippen LogP) is 4.89. The number of ether oxygens (including phenoxy) is 1. The van der Waals surface area contributed by atoms with Crippen LogP contribution in [0.3, 0.4) is 0 Å². The highest BCUT2D eigenvalue weighted by atomic mass is 35.5. The van der Waals surface area contributed by atoms with E-state index in [2.05, 4.69) is 10.6 Å². The van der Waals surface area contributed by atoms with Gasteiger partial charge >= 0.3 is 6.18 Å².